The van der Waals surface area contributed by atoms with Gasteiger partial charge >= 0.3 is 0 Å². The van der Waals surface area contributed by atoms with Crippen molar-refractivity contribution < 1.29 is 0 Å². The molecule has 0 radical (unpaired) electrons. The smallest absolute Gasteiger partial charge is 0.0417 e. The Morgan fingerprint density at radius 3 is 2.16 bits per heavy atom. The number of hydrogen-bond donors (Lipinski definition) is 0. The second-order valence-corrected chi connectivity index (χ2v) is 6.16. The normalized spacial score (nSPS) is 22.9. The molecule has 110 valence electrons. The van der Waals surface area contributed by atoms with Gasteiger partial charge < -0.3 is 0 Å². The Morgan fingerprint density at radius 1 is 1.05 bits per heavy atom. The third kappa shape index (κ3) is 6.36. The van der Waals surface area contributed by atoms with Crippen molar-refractivity contribution in [1.82, 2.24) is 0 Å². The summed E-state index contributed by atoms with van der Waals surface area (Å²) in [6.07, 6.45) is 16.8. The third-order valence-electron chi connectivity index (χ3n) is 4.82. The topological polar surface area (TPSA) is 0 Å². The quantitative estimate of drug-likeness (QED) is 0.346. The standard InChI is InChI=1S/C19H33/c1-5-17(6-2)15-16(4)9-8-10-19-13-11-18(7-3)12-14-19/h9,15,18-19H,4-8,10-14H2,1-3H3/q-1. The molecule has 0 nitrogen and oxygen atoms in total. The highest BCUT2D eigenvalue weighted by molar-refractivity contribution is 5.27. The Balaban J connectivity index is 2.17. The molecular weight excluding hydrogens is 228 g/mol. The van der Waals surface area contributed by atoms with E-state index in [0.29, 0.717) is 0 Å². The fourth-order valence-corrected chi connectivity index (χ4v) is 3.21. The molecule has 0 amide bonds. The molecular formula is C19H33-. The van der Waals surface area contributed by atoms with Gasteiger partial charge in [0.15, 0.2) is 0 Å². The maximum absolute atomic E-state index is 4.17. The SMILES string of the molecule is C=C(C=C(CC)CC)[CH-]CCC1CCC(CC)CC1. The summed E-state index contributed by atoms with van der Waals surface area (Å²) in [5.74, 6) is 2.00. The lowest BCUT2D eigenvalue weighted by Crippen LogP contribution is -2.13. The highest BCUT2D eigenvalue weighted by Crippen LogP contribution is 2.33. The molecule has 0 spiro atoms. The minimum absolute atomic E-state index is 0.979. The van der Waals surface area contributed by atoms with E-state index in [1.165, 1.54) is 56.1 Å². The lowest BCUT2D eigenvalue weighted by atomic mass is 9.79. The van der Waals surface area contributed by atoms with Crippen LogP contribution >= 0.6 is 0 Å². The lowest BCUT2D eigenvalue weighted by molar-refractivity contribution is 0.258. The van der Waals surface area contributed by atoms with E-state index >= 15 is 0 Å². The summed E-state index contributed by atoms with van der Waals surface area (Å²) < 4.78 is 0. The van der Waals surface area contributed by atoms with Crippen LogP contribution in [-0.2, 0) is 0 Å². The van der Waals surface area contributed by atoms with Crippen molar-refractivity contribution in [3.8, 4) is 0 Å². The molecule has 1 fully saturated rings. The van der Waals surface area contributed by atoms with E-state index in [9.17, 15) is 0 Å². The van der Waals surface area contributed by atoms with Crippen LogP contribution in [0.1, 0.15) is 78.6 Å². The molecule has 1 rings (SSSR count). The van der Waals surface area contributed by atoms with Gasteiger partial charge in [-0.15, -0.1) is 5.57 Å². The molecule has 0 aromatic rings. The van der Waals surface area contributed by atoms with Gasteiger partial charge in [0.1, 0.15) is 0 Å². The average Bonchev–Trinajstić information content (AvgIpc) is 2.45. The van der Waals surface area contributed by atoms with Gasteiger partial charge in [0, 0.05) is 0 Å². The van der Waals surface area contributed by atoms with Crippen LogP contribution in [0, 0.1) is 18.3 Å². The second kappa shape index (κ2) is 9.28. The van der Waals surface area contributed by atoms with Gasteiger partial charge in [-0.05, 0) is 24.7 Å². The Kier molecular flexibility index (Phi) is 8.02. The molecule has 0 aromatic carbocycles. The van der Waals surface area contributed by atoms with Crippen molar-refractivity contribution in [2.75, 3.05) is 0 Å². The van der Waals surface area contributed by atoms with E-state index in [1.807, 2.05) is 0 Å². The zero-order valence-corrected chi connectivity index (χ0v) is 13.4. The molecule has 0 bridgehead atoms. The Bertz CT molecular complexity index is 270. The van der Waals surface area contributed by atoms with Crippen molar-refractivity contribution in [2.45, 2.75) is 78.6 Å². The molecule has 0 aromatic heterocycles. The van der Waals surface area contributed by atoms with E-state index in [0.717, 1.165) is 24.7 Å². The van der Waals surface area contributed by atoms with E-state index in [-0.39, 0.29) is 0 Å². The lowest BCUT2D eigenvalue weighted by Gasteiger charge is -2.28. The van der Waals surface area contributed by atoms with Gasteiger partial charge in [-0.1, -0.05) is 65.7 Å². The summed E-state index contributed by atoms with van der Waals surface area (Å²) in [7, 11) is 0. The summed E-state index contributed by atoms with van der Waals surface area (Å²) >= 11 is 0. The van der Waals surface area contributed by atoms with Crippen LogP contribution in [0.2, 0.25) is 0 Å². The largest absolute Gasteiger partial charge is 0.199 e. The fraction of sp³-hybridized carbons (Fsp3) is 0.737. The van der Waals surface area contributed by atoms with Crippen molar-refractivity contribution in [3.05, 3.63) is 30.2 Å². The molecule has 0 atom stereocenters. The Hall–Kier alpha value is -0.650. The van der Waals surface area contributed by atoms with Crippen LogP contribution in [0.15, 0.2) is 23.8 Å². The molecule has 19 heavy (non-hydrogen) atoms. The maximum atomic E-state index is 4.17. The van der Waals surface area contributed by atoms with Crippen molar-refractivity contribution in [2.24, 2.45) is 11.8 Å². The fourth-order valence-electron chi connectivity index (χ4n) is 3.21. The van der Waals surface area contributed by atoms with E-state index in [4.69, 9.17) is 0 Å². The van der Waals surface area contributed by atoms with Crippen molar-refractivity contribution >= 4 is 0 Å². The van der Waals surface area contributed by atoms with Crippen LogP contribution < -0.4 is 0 Å². The van der Waals surface area contributed by atoms with Crippen LogP contribution in [0.4, 0.5) is 0 Å². The van der Waals surface area contributed by atoms with E-state index in [1.54, 1.807) is 0 Å². The monoisotopic (exact) mass is 261 g/mol. The first-order chi connectivity index (χ1) is 9.19. The van der Waals surface area contributed by atoms with Crippen LogP contribution in [-0.4, -0.2) is 0 Å². The molecule has 0 heterocycles. The van der Waals surface area contributed by atoms with Crippen LogP contribution in [0.25, 0.3) is 0 Å². The van der Waals surface area contributed by atoms with Gasteiger partial charge in [-0.2, -0.15) is 24.6 Å². The van der Waals surface area contributed by atoms with Crippen molar-refractivity contribution in [3.63, 3.8) is 0 Å². The molecule has 0 aliphatic heterocycles. The zero-order chi connectivity index (χ0) is 14.1. The first-order valence-corrected chi connectivity index (χ1v) is 8.41. The molecule has 0 N–H and O–H groups in total. The third-order valence-corrected chi connectivity index (χ3v) is 4.82. The molecule has 0 unspecified atom stereocenters. The summed E-state index contributed by atoms with van der Waals surface area (Å²) in [6.45, 7) is 11.0. The van der Waals surface area contributed by atoms with Crippen molar-refractivity contribution in [1.29, 1.82) is 0 Å². The first-order valence-electron chi connectivity index (χ1n) is 8.41. The Labute approximate surface area is 121 Å². The molecule has 0 heteroatoms. The van der Waals surface area contributed by atoms with Crippen LogP contribution in [0.3, 0.4) is 0 Å². The van der Waals surface area contributed by atoms with Gasteiger partial charge in [0.2, 0.25) is 0 Å². The maximum Gasteiger partial charge on any atom is -0.0417 e. The number of rotatable bonds is 8. The Morgan fingerprint density at radius 2 is 1.63 bits per heavy atom. The summed E-state index contributed by atoms with van der Waals surface area (Å²) in [6, 6.07) is 0. The van der Waals surface area contributed by atoms with Gasteiger partial charge in [-0.25, -0.2) is 0 Å². The minimum Gasteiger partial charge on any atom is -0.199 e. The van der Waals surface area contributed by atoms with Crippen LogP contribution in [0.5, 0.6) is 0 Å². The van der Waals surface area contributed by atoms with Gasteiger partial charge in [0.25, 0.3) is 0 Å². The molecule has 1 aliphatic rings. The highest BCUT2D eigenvalue weighted by atomic mass is 14.2. The number of allylic oxidation sites excluding steroid dienone is 3. The zero-order valence-electron chi connectivity index (χ0n) is 13.4. The summed E-state index contributed by atoms with van der Waals surface area (Å²) in [5, 5.41) is 0. The average molecular weight is 261 g/mol. The van der Waals surface area contributed by atoms with Gasteiger partial charge in [0.05, 0.1) is 0 Å². The summed E-state index contributed by atoms with van der Waals surface area (Å²) in [4.78, 5) is 0. The minimum atomic E-state index is 0.979. The first kappa shape index (κ1) is 16.4. The molecule has 1 saturated carbocycles. The predicted molar refractivity (Wildman–Crippen MR) is 87.1 cm³/mol. The highest BCUT2D eigenvalue weighted by Gasteiger charge is 2.18. The van der Waals surface area contributed by atoms with E-state index in [2.05, 4.69) is 39.8 Å². The predicted octanol–water partition coefficient (Wildman–Crippen LogP) is 6.49. The van der Waals surface area contributed by atoms with E-state index < -0.39 is 0 Å². The summed E-state index contributed by atoms with van der Waals surface area (Å²) in [5.41, 5.74) is 2.74. The van der Waals surface area contributed by atoms with Gasteiger partial charge in [-0.3, -0.25) is 0 Å². The second-order valence-electron chi connectivity index (χ2n) is 6.16. The number of hydrogen-bond acceptors (Lipinski definition) is 0. The molecule has 0 saturated heterocycles. The molecule has 1 aliphatic carbocycles.